The summed E-state index contributed by atoms with van der Waals surface area (Å²) in [5, 5.41) is 3.33. The quantitative estimate of drug-likeness (QED) is 0.652. The van der Waals surface area contributed by atoms with Crippen molar-refractivity contribution in [2.24, 2.45) is 0 Å². The highest BCUT2D eigenvalue weighted by atomic mass is 79.9. The predicted molar refractivity (Wildman–Crippen MR) is 81.7 cm³/mol. The van der Waals surface area contributed by atoms with Crippen LogP contribution >= 0.6 is 38.9 Å². The second-order valence-electron chi connectivity index (χ2n) is 4.93. The monoisotopic (exact) mass is 344 g/mol. The molecular formula is C14H14BrClOS. The maximum absolute atomic E-state index is 6.69. The summed E-state index contributed by atoms with van der Waals surface area (Å²) in [7, 11) is 0. The third-order valence-corrected chi connectivity index (χ3v) is 6.31. The van der Waals surface area contributed by atoms with Crippen molar-refractivity contribution < 1.29 is 4.74 Å². The molecule has 0 bridgehead atoms. The van der Waals surface area contributed by atoms with E-state index in [1.165, 1.54) is 15.6 Å². The molecule has 1 aromatic heterocycles. The Hall–Kier alpha value is -0.0900. The number of alkyl halides is 1. The molecule has 1 aliphatic rings. The van der Waals surface area contributed by atoms with Crippen LogP contribution in [-0.2, 0) is 4.74 Å². The second-order valence-corrected chi connectivity index (χ2v) is 7.11. The summed E-state index contributed by atoms with van der Waals surface area (Å²) >= 11 is 12.0. The maximum atomic E-state index is 6.69. The summed E-state index contributed by atoms with van der Waals surface area (Å²) in [6.45, 7) is 2.95. The summed E-state index contributed by atoms with van der Waals surface area (Å²) in [5.41, 5.74) is 0.972. The lowest BCUT2D eigenvalue weighted by Gasteiger charge is -2.28. The van der Waals surface area contributed by atoms with Gasteiger partial charge in [-0.3, -0.25) is 0 Å². The minimum atomic E-state index is -0.224. The molecule has 1 aromatic carbocycles. The van der Waals surface area contributed by atoms with Crippen molar-refractivity contribution in [1.29, 1.82) is 0 Å². The van der Waals surface area contributed by atoms with Crippen molar-refractivity contribution in [2.75, 3.05) is 6.61 Å². The molecule has 18 heavy (non-hydrogen) atoms. The van der Waals surface area contributed by atoms with Gasteiger partial charge < -0.3 is 4.74 Å². The molecule has 1 fully saturated rings. The van der Waals surface area contributed by atoms with E-state index in [1.54, 1.807) is 11.3 Å². The Kier molecular flexibility index (Phi) is 3.43. The van der Waals surface area contributed by atoms with Crippen molar-refractivity contribution in [2.45, 2.75) is 30.7 Å². The fraction of sp³-hybridized carbons (Fsp3) is 0.429. The normalized spacial score (nSPS) is 25.7. The van der Waals surface area contributed by atoms with E-state index >= 15 is 0 Å². The molecule has 0 radical (unpaired) electrons. The number of hydrogen-bond acceptors (Lipinski definition) is 2. The van der Waals surface area contributed by atoms with E-state index in [2.05, 4.69) is 46.4 Å². The van der Waals surface area contributed by atoms with Crippen LogP contribution in [0.25, 0.3) is 10.1 Å². The number of benzene rings is 1. The molecule has 2 aromatic rings. The van der Waals surface area contributed by atoms with Gasteiger partial charge in [0.25, 0.3) is 0 Å². The number of hydrogen-bond donors (Lipinski definition) is 0. The maximum Gasteiger partial charge on any atom is 0.0886 e. The Morgan fingerprint density at radius 3 is 3.06 bits per heavy atom. The molecule has 0 spiro atoms. The molecule has 96 valence electrons. The van der Waals surface area contributed by atoms with E-state index < -0.39 is 0 Å². The van der Waals surface area contributed by atoms with Crippen molar-refractivity contribution >= 4 is 49.0 Å². The molecule has 2 heterocycles. The molecule has 3 rings (SSSR count). The van der Waals surface area contributed by atoms with Crippen LogP contribution in [0, 0.1) is 0 Å². The summed E-state index contributed by atoms with van der Waals surface area (Å²) in [4.78, 5) is 0. The number of fused-ring (bicyclic) bond motifs is 1. The molecule has 0 saturated carbocycles. The largest absolute Gasteiger partial charge is 0.373 e. The first kappa shape index (κ1) is 12.9. The number of halogens is 2. The smallest absolute Gasteiger partial charge is 0.0886 e. The average molecular weight is 346 g/mol. The Morgan fingerprint density at radius 1 is 1.50 bits per heavy atom. The van der Waals surface area contributed by atoms with Crippen LogP contribution in [0.15, 0.2) is 28.1 Å². The SMILES string of the molecule is CC1(C(Cl)c2csc3c(Br)cccc23)CCCO1. The molecular weight excluding hydrogens is 332 g/mol. The lowest BCUT2D eigenvalue weighted by Crippen LogP contribution is -2.28. The minimum Gasteiger partial charge on any atom is -0.373 e. The van der Waals surface area contributed by atoms with Crippen LogP contribution in [0.2, 0.25) is 0 Å². The Morgan fingerprint density at radius 2 is 2.33 bits per heavy atom. The van der Waals surface area contributed by atoms with Gasteiger partial charge in [-0.05, 0) is 58.1 Å². The van der Waals surface area contributed by atoms with E-state index in [4.69, 9.17) is 16.3 Å². The van der Waals surface area contributed by atoms with Crippen LogP contribution in [0.5, 0.6) is 0 Å². The third-order valence-electron chi connectivity index (χ3n) is 3.64. The van der Waals surface area contributed by atoms with E-state index in [0.29, 0.717) is 0 Å². The van der Waals surface area contributed by atoms with Crippen molar-refractivity contribution in [1.82, 2.24) is 0 Å². The van der Waals surface area contributed by atoms with Crippen molar-refractivity contribution in [3.8, 4) is 0 Å². The van der Waals surface area contributed by atoms with Gasteiger partial charge >= 0.3 is 0 Å². The van der Waals surface area contributed by atoms with E-state index in [0.717, 1.165) is 23.9 Å². The van der Waals surface area contributed by atoms with Gasteiger partial charge in [-0.1, -0.05) is 12.1 Å². The molecule has 2 atom stereocenters. The van der Waals surface area contributed by atoms with Crippen LogP contribution in [0.3, 0.4) is 0 Å². The molecule has 0 N–H and O–H groups in total. The number of ether oxygens (including phenoxy) is 1. The standard InChI is InChI=1S/C14H14BrClOS/c1-14(6-3-7-17-14)13(16)10-8-18-12-9(10)4-2-5-11(12)15/h2,4-5,8,13H,3,6-7H2,1H3. The molecule has 1 nitrogen and oxygen atoms in total. The molecule has 0 amide bonds. The Balaban J connectivity index is 2.07. The zero-order valence-corrected chi connectivity index (χ0v) is 13.2. The van der Waals surface area contributed by atoms with Gasteiger partial charge in [-0.15, -0.1) is 22.9 Å². The predicted octanol–water partition coefficient (Wildman–Crippen LogP) is 5.51. The molecule has 0 aliphatic carbocycles. The van der Waals surface area contributed by atoms with Gasteiger partial charge in [-0.25, -0.2) is 0 Å². The van der Waals surface area contributed by atoms with Gasteiger partial charge in [0.15, 0.2) is 0 Å². The Bertz CT molecular complexity index is 574. The van der Waals surface area contributed by atoms with E-state index in [-0.39, 0.29) is 11.0 Å². The lowest BCUT2D eigenvalue weighted by molar-refractivity contribution is 0.0167. The highest BCUT2D eigenvalue weighted by Crippen LogP contribution is 2.46. The van der Waals surface area contributed by atoms with E-state index in [9.17, 15) is 0 Å². The van der Waals surface area contributed by atoms with Gasteiger partial charge in [0.05, 0.1) is 11.0 Å². The fourth-order valence-electron chi connectivity index (χ4n) is 2.57. The van der Waals surface area contributed by atoms with Gasteiger partial charge in [0.1, 0.15) is 0 Å². The van der Waals surface area contributed by atoms with Crippen molar-refractivity contribution in [3.63, 3.8) is 0 Å². The fourth-order valence-corrected chi connectivity index (χ4v) is 4.64. The van der Waals surface area contributed by atoms with Crippen molar-refractivity contribution in [3.05, 3.63) is 33.6 Å². The number of thiophene rings is 1. The average Bonchev–Trinajstić information content (AvgIpc) is 2.96. The third kappa shape index (κ3) is 2.01. The summed E-state index contributed by atoms with van der Waals surface area (Å²) < 4.78 is 8.27. The summed E-state index contributed by atoms with van der Waals surface area (Å²) in [6, 6.07) is 6.27. The molecule has 2 unspecified atom stereocenters. The molecule has 1 saturated heterocycles. The highest BCUT2D eigenvalue weighted by molar-refractivity contribution is 9.10. The minimum absolute atomic E-state index is 0.0805. The Labute approximate surface area is 124 Å². The van der Waals surface area contributed by atoms with Crippen LogP contribution < -0.4 is 0 Å². The zero-order valence-electron chi connectivity index (χ0n) is 10.1. The summed E-state index contributed by atoms with van der Waals surface area (Å²) in [5.74, 6) is 0. The van der Waals surface area contributed by atoms with Crippen LogP contribution in [0.1, 0.15) is 30.7 Å². The summed E-state index contributed by atoms with van der Waals surface area (Å²) in [6.07, 6.45) is 2.14. The molecule has 4 heteroatoms. The first-order valence-electron chi connectivity index (χ1n) is 6.05. The first-order chi connectivity index (χ1) is 8.62. The van der Waals surface area contributed by atoms with Crippen LogP contribution in [-0.4, -0.2) is 12.2 Å². The second kappa shape index (κ2) is 4.78. The first-order valence-corrected chi connectivity index (χ1v) is 8.16. The number of rotatable bonds is 2. The zero-order chi connectivity index (χ0) is 12.8. The van der Waals surface area contributed by atoms with Gasteiger partial charge in [-0.2, -0.15) is 0 Å². The van der Waals surface area contributed by atoms with Gasteiger partial charge in [0.2, 0.25) is 0 Å². The molecule has 1 aliphatic heterocycles. The highest BCUT2D eigenvalue weighted by Gasteiger charge is 2.39. The lowest BCUT2D eigenvalue weighted by atomic mass is 9.93. The van der Waals surface area contributed by atoms with Crippen LogP contribution in [0.4, 0.5) is 0 Å². The topological polar surface area (TPSA) is 9.23 Å². The van der Waals surface area contributed by atoms with E-state index in [1.807, 2.05) is 0 Å². The van der Waals surface area contributed by atoms with Gasteiger partial charge in [0, 0.05) is 15.8 Å².